The van der Waals surface area contributed by atoms with Crippen molar-refractivity contribution < 1.29 is 14.1 Å². The van der Waals surface area contributed by atoms with Crippen molar-refractivity contribution in [3.05, 3.63) is 17.0 Å². The lowest BCUT2D eigenvalue weighted by molar-refractivity contribution is 0.0435. The molecule has 1 N–H and O–H groups in total. The molecule has 6 heteroatoms. The van der Waals surface area contributed by atoms with Crippen molar-refractivity contribution >= 4 is 6.03 Å². The van der Waals surface area contributed by atoms with Crippen molar-refractivity contribution in [2.45, 2.75) is 53.2 Å². The Morgan fingerprint density at radius 1 is 1.45 bits per heavy atom. The highest BCUT2D eigenvalue weighted by Gasteiger charge is 2.28. The van der Waals surface area contributed by atoms with E-state index in [0.717, 1.165) is 36.6 Å². The number of nitrogens with zero attached hydrogens (tertiary/aromatic N) is 2. The third-order valence-corrected chi connectivity index (χ3v) is 3.96. The van der Waals surface area contributed by atoms with Gasteiger partial charge in [0.2, 0.25) is 0 Å². The number of ether oxygens (including phenoxy) is 1. The number of hydrogen-bond donors (Lipinski definition) is 1. The molecular weight excluding hydrogens is 282 g/mol. The quantitative estimate of drug-likeness (QED) is 0.908. The summed E-state index contributed by atoms with van der Waals surface area (Å²) >= 11 is 0. The molecule has 2 rings (SSSR count). The summed E-state index contributed by atoms with van der Waals surface area (Å²) in [6.45, 7) is 12.1. The predicted octanol–water partition coefficient (Wildman–Crippen LogP) is 2.81. The second-order valence-electron chi connectivity index (χ2n) is 6.49. The molecule has 2 heterocycles. The van der Waals surface area contributed by atoms with E-state index in [-0.39, 0.29) is 18.2 Å². The van der Waals surface area contributed by atoms with Crippen molar-refractivity contribution in [2.24, 2.45) is 5.92 Å². The molecule has 1 aliphatic heterocycles. The fourth-order valence-corrected chi connectivity index (χ4v) is 2.83. The average molecular weight is 309 g/mol. The number of amides is 2. The molecule has 1 aromatic rings. The zero-order valence-electron chi connectivity index (χ0n) is 14.2. The number of aromatic nitrogens is 1. The van der Waals surface area contributed by atoms with Gasteiger partial charge in [-0.25, -0.2) is 4.79 Å². The van der Waals surface area contributed by atoms with Crippen LogP contribution in [0.5, 0.6) is 0 Å². The summed E-state index contributed by atoms with van der Waals surface area (Å²) in [5.74, 6) is 1.27. The molecule has 0 aromatic carbocycles. The average Bonchev–Trinajstić information content (AvgIpc) is 3.03. The van der Waals surface area contributed by atoms with Crippen LogP contribution in [0.25, 0.3) is 0 Å². The molecule has 0 saturated carbocycles. The highest BCUT2D eigenvalue weighted by atomic mass is 16.5. The molecule has 0 radical (unpaired) electrons. The Balaban J connectivity index is 1.85. The third kappa shape index (κ3) is 4.00. The van der Waals surface area contributed by atoms with E-state index in [0.29, 0.717) is 12.5 Å². The largest absolute Gasteiger partial charge is 0.376 e. The Morgan fingerprint density at radius 2 is 2.18 bits per heavy atom. The summed E-state index contributed by atoms with van der Waals surface area (Å²) in [5.41, 5.74) is 1.78. The normalized spacial score (nSPS) is 19.7. The van der Waals surface area contributed by atoms with Crippen LogP contribution in [0.2, 0.25) is 0 Å². The Bertz CT molecular complexity index is 493. The molecule has 1 aromatic heterocycles. The number of carbonyl (C=O) groups excluding carboxylic acids is 1. The molecule has 1 saturated heterocycles. The van der Waals surface area contributed by atoms with Gasteiger partial charge in [0, 0.05) is 25.3 Å². The van der Waals surface area contributed by atoms with Crippen LogP contribution in [-0.2, 0) is 4.74 Å². The number of rotatable bonds is 5. The van der Waals surface area contributed by atoms with Crippen LogP contribution in [0.3, 0.4) is 0 Å². The second-order valence-corrected chi connectivity index (χ2v) is 6.49. The zero-order chi connectivity index (χ0) is 16.3. The van der Waals surface area contributed by atoms with Crippen LogP contribution < -0.4 is 5.32 Å². The standard InChI is InChI=1S/C16H27N3O3/c1-10(2)9-21-14-6-7-19(8-14)16(20)17-11(3)15-12(4)18-22-13(15)5/h10-11,14H,6-9H2,1-5H3,(H,17,20)/t11-,14+/m0/s1. The van der Waals surface area contributed by atoms with Crippen LogP contribution in [-0.4, -0.2) is 41.9 Å². The van der Waals surface area contributed by atoms with E-state index in [1.165, 1.54) is 0 Å². The first-order valence-corrected chi connectivity index (χ1v) is 7.98. The summed E-state index contributed by atoms with van der Waals surface area (Å²) in [6, 6.07) is -0.169. The Kier molecular flexibility index (Phi) is 5.45. The van der Waals surface area contributed by atoms with Crippen LogP contribution in [0.4, 0.5) is 4.79 Å². The van der Waals surface area contributed by atoms with Gasteiger partial charge >= 0.3 is 6.03 Å². The van der Waals surface area contributed by atoms with Gasteiger partial charge in [-0.15, -0.1) is 0 Å². The van der Waals surface area contributed by atoms with E-state index in [9.17, 15) is 4.79 Å². The Morgan fingerprint density at radius 3 is 2.77 bits per heavy atom. The molecule has 2 amide bonds. The van der Waals surface area contributed by atoms with E-state index in [1.807, 2.05) is 25.7 Å². The maximum absolute atomic E-state index is 12.4. The van der Waals surface area contributed by atoms with Crippen LogP contribution in [0.15, 0.2) is 4.52 Å². The molecule has 1 fully saturated rings. The predicted molar refractivity (Wildman–Crippen MR) is 83.7 cm³/mol. The Hall–Kier alpha value is -1.56. The van der Waals surface area contributed by atoms with Gasteiger partial charge < -0.3 is 19.5 Å². The Labute approximate surface area is 132 Å². The van der Waals surface area contributed by atoms with E-state index in [1.54, 1.807) is 0 Å². The highest BCUT2D eigenvalue weighted by Crippen LogP contribution is 2.22. The van der Waals surface area contributed by atoms with E-state index >= 15 is 0 Å². The van der Waals surface area contributed by atoms with E-state index < -0.39 is 0 Å². The SMILES string of the molecule is Cc1noc(C)c1[C@H](C)NC(=O)N1CC[C@@H](OCC(C)C)C1. The van der Waals surface area contributed by atoms with Gasteiger partial charge in [-0.3, -0.25) is 0 Å². The fourth-order valence-electron chi connectivity index (χ4n) is 2.83. The van der Waals surface area contributed by atoms with E-state index in [4.69, 9.17) is 9.26 Å². The minimum atomic E-state index is -0.116. The second kappa shape index (κ2) is 7.13. The van der Waals surface area contributed by atoms with Crippen molar-refractivity contribution in [3.63, 3.8) is 0 Å². The summed E-state index contributed by atoms with van der Waals surface area (Å²) in [7, 11) is 0. The molecule has 0 aliphatic carbocycles. The van der Waals surface area contributed by atoms with Gasteiger partial charge in [0.1, 0.15) is 5.76 Å². The van der Waals surface area contributed by atoms with Gasteiger partial charge in [-0.1, -0.05) is 19.0 Å². The fraction of sp³-hybridized carbons (Fsp3) is 0.750. The first kappa shape index (κ1) is 16.8. The lowest BCUT2D eigenvalue weighted by Crippen LogP contribution is -2.40. The maximum Gasteiger partial charge on any atom is 0.317 e. The van der Waals surface area contributed by atoms with Gasteiger partial charge in [0.05, 0.1) is 17.8 Å². The smallest absolute Gasteiger partial charge is 0.317 e. The molecule has 1 aliphatic rings. The van der Waals surface area contributed by atoms with Gasteiger partial charge in [0.25, 0.3) is 0 Å². The molecule has 0 bridgehead atoms. The first-order valence-electron chi connectivity index (χ1n) is 7.98. The van der Waals surface area contributed by atoms with Crippen LogP contribution in [0.1, 0.15) is 50.3 Å². The number of urea groups is 1. The molecular formula is C16H27N3O3. The first-order chi connectivity index (χ1) is 10.4. The van der Waals surface area contributed by atoms with Gasteiger partial charge in [-0.2, -0.15) is 0 Å². The lowest BCUT2D eigenvalue weighted by atomic mass is 10.1. The molecule has 22 heavy (non-hydrogen) atoms. The zero-order valence-corrected chi connectivity index (χ0v) is 14.2. The van der Waals surface area contributed by atoms with Gasteiger partial charge in [0.15, 0.2) is 0 Å². The lowest BCUT2D eigenvalue weighted by Gasteiger charge is -2.21. The topological polar surface area (TPSA) is 67.6 Å². The highest BCUT2D eigenvalue weighted by molar-refractivity contribution is 5.75. The van der Waals surface area contributed by atoms with Crippen molar-refractivity contribution in [2.75, 3.05) is 19.7 Å². The molecule has 6 nitrogen and oxygen atoms in total. The number of carbonyl (C=O) groups is 1. The van der Waals surface area contributed by atoms with Crippen molar-refractivity contribution in [1.82, 2.24) is 15.4 Å². The summed E-state index contributed by atoms with van der Waals surface area (Å²) < 4.78 is 11.0. The van der Waals surface area contributed by atoms with Gasteiger partial charge in [-0.05, 0) is 33.1 Å². The minimum absolute atomic E-state index is 0.0526. The molecule has 2 atom stereocenters. The molecule has 0 spiro atoms. The van der Waals surface area contributed by atoms with Crippen LogP contribution >= 0.6 is 0 Å². The summed E-state index contributed by atoms with van der Waals surface area (Å²) in [5, 5.41) is 6.96. The maximum atomic E-state index is 12.4. The summed E-state index contributed by atoms with van der Waals surface area (Å²) in [6.07, 6.45) is 1.06. The molecule has 124 valence electrons. The van der Waals surface area contributed by atoms with Crippen LogP contribution in [0, 0.1) is 19.8 Å². The monoisotopic (exact) mass is 309 g/mol. The number of hydrogen-bond acceptors (Lipinski definition) is 4. The van der Waals surface area contributed by atoms with Crippen molar-refractivity contribution in [3.8, 4) is 0 Å². The molecule has 0 unspecified atom stereocenters. The van der Waals surface area contributed by atoms with E-state index in [2.05, 4.69) is 24.3 Å². The van der Waals surface area contributed by atoms with Crippen molar-refractivity contribution in [1.29, 1.82) is 0 Å². The third-order valence-electron chi connectivity index (χ3n) is 3.96. The minimum Gasteiger partial charge on any atom is -0.376 e. The number of likely N-dealkylation sites (tertiary alicyclic amines) is 1. The number of nitrogens with one attached hydrogen (secondary N) is 1. The number of aryl methyl sites for hydroxylation is 2. The summed E-state index contributed by atoms with van der Waals surface area (Å²) in [4.78, 5) is 14.2.